The first kappa shape index (κ1) is 16.3. The summed E-state index contributed by atoms with van der Waals surface area (Å²) in [6.07, 6.45) is 0. The van der Waals surface area contributed by atoms with Gasteiger partial charge in [-0.1, -0.05) is 29.3 Å². The summed E-state index contributed by atoms with van der Waals surface area (Å²) in [5, 5.41) is 3.03. The number of carbonyl (C=O) groups excluding carboxylic acids is 1. The number of hydrogen-bond donors (Lipinski definition) is 1. The Balaban J connectivity index is 2.18. The Hall–Kier alpha value is -2.05. The molecule has 0 heterocycles. The van der Waals surface area contributed by atoms with Crippen LogP contribution in [0.2, 0.25) is 5.02 Å². The summed E-state index contributed by atoms with van der Waals surface area (Å²) in [5.74, 6) is 0. The van der Waals surface area contributed by atoms with E-state index in [2.05, 4.69) is 5.32 Å². The maximum Gasteiger partial charge on any atom is 0.335 e. The predicted molar refractivity (Wildman–Crippen MR) is 86.6 cm³/mol. The van der Waals surface area contributed by atoms with Gasteiger partial charge >= 0.3 is 6.03 Å². The monoisotopic (exact) mass is 338 g/mol. The van der Waals surface area contributed by atoms with Crippen molar-refractivity contribution in [3.05, 3.63) is 59.1 Å². The summed E-state index contributed by atoms with van der Waals surface area (Å²) >= 11 is 5.76. The van der Waals surface area contributed by atoms with E-state index in [0.717, 1.165) is 5.56 Å². The highest BCUT2D eigenvalue weighted by Gasteiger charge is 2.25. The highest BCUT2D eigenvalue weighted by Crippen LogP contribution is 2.18. The molecular formula is C15H15ClN2O3S. The smallest absolute Gasteiger partial charge is 0.307 e. The minimum atomic E-state index is -3.89. The molecular weight excluding hydrogens is 324 g/mol. The van der Waals surface area contributed by atoms with Crippen molar-refractivity contribution in [2.24, 2.45) is 0 Å². The second-order valence-corrected chi connectivity index (χ2v) is 7.13. The molecule has 0 radical (unpaired) electrons. The lowest BCUT2D eigenvalue weighted by molar-refractivity contribution is 0.240. The molecule has 0 aromatic heterocycles. The normalized spacial score (nSPS) is 11.0. The molecule has 0 fully saturated rings. The summed E-state index contributed by atoms with van der Waals surface area (Å²) < 4.78 is 25.4. The molecule has 0 aliphatic rings. The van der Waals surface area contributed by atoms with Gasteiger partial charge in [0, 0.05) is 17.8 Å². The first-order valence-corrected chi connectivity index (χ1v) is 8.24. The van der Waals surface area contributed by atoms with Crippen LogP contribution in [0.15, 0.2) is 53.4 Å². The third-order valence-electron chi connectivity index (χ3n) is 3.06. The third kappa shape index (κ3) is 3.58. The summed E-state index contributed by atoms with van der Waals surface area (Å²) in [4.78, 5) is 12.1. The topological polar surface area (TPSA) is 66.5 Å². The van der Waals surface area contributed by atoms with Gasteiger partial charge in [-0.3, -0.25) is 0 Å². The average molecular weight is 339 g/mol. The number of urea groups is 1. The first-order valence-electron chi connectivity index (χ1n) is 6.43. The quantitative estimate of drug-likeness (QED) is 0.931. The Kier molecular flexibility index (Phi) is 4.73. The summed E-state index contributed by atoms with van der Waals surface area (Å²) in [7, 11) is -2.68. The van der Waals surface area contributed by atoms with Gasteiger partial charge in [0.1, 0.15) is 0 Å². The molecule has 0 bridgehead atoms. The van der Waals surface area contributed by atoms with Crippen molar-refractivity contribution < 1.29 is 13.2 Å². The van der Waals surface area contributed by atoms with Crippen LogP contribution >= 0.6 is 11.6 Å². The fourth-order valence-electron chi connectivity index (χ4n) is 1.71. The van der Waals surface area contributed by atoms with Crippen LogP contribution in [0.4, 0.5) is 10.5 Å². The fraction of sp³-hybridized carbons (Fsp3) is 0.133. The molecule has 0 aliphatic carbocycles. The van der Waals surface area contributed by atoms with Crippen LogP contribution in [0.1, 0.15) is 5.56 Å². The Morgan fingerprint density at radius 2 is 1.59 bits per heavy atom. The lowest BCUT2D eigenvalue weighted by atomic mass is 10.2. The van der Waals surface area contributed by atoms with Gasteiger partial charge < -0.3 is 5.32 Å². The zero-order chi connectivity index (χ0) is 16.3. The van der Waals surface area contributed by atoms with Gasteiger partial charge in [0.15, 0.2) is 0 Å². The van der Waals surface area contributed by atoms with E-state index >= 15 is 0 Å². The van der Waals surface area contributed by atoms with Crippen molar-refractivity contribution >= 4 is 33.3 Å². The van der Waals surface area contributed by atoms with Gasteiger partial charge in [-0.05, 0) is 43.3 Å². The predicted octanol–water partition coefficient (Wildman–Crippen LogP) is 3.50. The maximum atomic E-state index is 12.4. The van der Waals surface area contributed by atoms with Crippen LogP contribution in [0.5, 0.6) is 0 Å². The number of benzene rings is 2. The Morgan fingerprint density at radius 3 is 2.14 bits per heavy atom. The number of nitrogens with zero attached hydrogens (tertiary/aromatic N) is 1. The molecule has 0 aliphatic heterocycles. The molecule has 0 spiro atoms. The number of anilines is 1. The van der Waals surface area contributed by atoms with E-state index in [0.29, 0.717) is 15.0 Å². The van der Waals surface area contributed by atoms with Gasteiger partial charge in [-0.2, -0.15) is 0 Å². The van der Waals surface area contributed by atoms with Crippen LogP contribution in [0, 0.1) is 6.92 Å². The van der Waals surface area contributed by atoms with Crippen molar-refractivity contribution in [1.29, 1.82) is 0 Å². The van der Waals surface area contributed by atoms with Crippen molar-refractivity contribution in [1.82, 2.24) is 4.31 Å². The molecule has 2 aromatic rings. The number of amides is 2. The zero-order valence-electron chi connectivity index (χ0n) is 12.1. The number of rotatable bonds is 3. The molecule has 2 rings (SSSR count). The molecule has 0 saturated carbocycles. The number of halogens is 1. The number of aryl methyl sites for hydroxylation is 1. The number of sulfonamides is 1. The molecule has 116 valence electrons. The van der Waals surface area contributed by atoms with Crippen molar-refractivity contribution in [2.75, 3.05) is 12.4 Å². The van der Waals surface area contributed by atoms with Gasteiger partial charge in [0.2, 0.25) is 0 Å². The highest BCUT2D eigenvalue weighted by atomic mass is 35.5. The van der Waals surface area contributed by atoms with Crippen molar-refractivity contribution in [3.8, 4) is 0 Å². The van der Waals surface area contributed by atoms with E-state index in [1.54, 1.807) is 36.4 Å². The van der Waals surface area contributed by atoms with Crippen LogP contribution < -0.4 is 5.32 Å². The summed E-state index contributed by atoms with van der Waals surface area (Å²) in [6.45, 7) is 1.85. The van der Waals surface area contributed by atoms with Crippen LogP contribution in [-0.2, 0) is 10.0 Å². The molecule has 0 atom stereocenters. The van der Waals surface area contributed by atoms with Crippen molar-refractivity contribution in [2.45, 2.75) is 11.8 Å². The zero-order valence-corrected chi connectivity index (χ0v) is 13.6. The lowest BCUT2D eigenvalue weighted by Crippen LogP contribution is -2.36. The minimum Gasteiger partial charge on any atom is -0.307 e. The van der Waals surface area contributed by atoms with Gasteiger partial charge in [-0.15, -0.1) is 0 Å². The molecule has 1 N–H and O–H groups in total. The highest BCUT2D eigenvalue weighted by molar-refractivity contribution is 7.89. The van der Waals surface area contributed by atoms with Crippen LogP contribution in [-0.4, -0.2) is 25.8 Å². The minimum absolute atomic E-state index is 0.0619. The standard InChI is InChI=1S/C15H15ClN2O3S/c1-11-3-9-14(10-4-11)22(20,21)18(2)15(19)17-13-7-5-12(16)6-8-13/h3-10H,1-2H3,(H,17,19). The Bertz CT molecular complexity index is 771. The maximum absolute atomic E-state index is 12.4. The van der Waals surface area contributed by atoms with E-state index < -0.39 is 16.1 Å². The second kappa shape index (κ2) is 6.37. The molecule has 5 nitrogen and oxygen atoms in total. The van der Waals surface area contributed by atoms with Gasteiger partial charge in [0.05, 0.1) is 4.90 Å². The average Bonchev–Trinajstić information content (AvgIpc) is 2.49. The van der Waals surface area contributed by atoms with Gasteiger partial charge in [-0.25, -0.2) is 17.5 Å². The fourth-order valence-corrected chi connectivity index (χ4v) is 2.90. The number of carbonyl (C=O) groups is 1. The largest absolute Gasteiger partial charge is 0.335 e. The van der Waals surface area contributed by atoms with E-state index in [9.17, 15) is 13.2 Å². The Morgan fingerprint density at radius 1 is 1.05 bits per heavy atom. The Labute approximate surface area is 134 Å². The summed E-state index contributed by atoms with van der Waals surface area (Å²) in [6, 6.07) is 11.9. The van der Waals surface area contributed by atoms with Crippen LogP contribution in [0.25, 0.3) is 0 Å². The first-order chi connectivity index (χ1) is 10.3. The number of nitrogens with one attached hydrogen (secondary N) is 1. The third-order valence-corrected chi connectivity index (χ3v) is 5.07. The van der Waals surface area contributed by atoms with E-state index in [1.165, 1.54) is 19.2 Å². The number of hydrogen-bond acceptors (Lipinski definition) is 3. The summed E-state index contributed by atoms with van der Waals surface area (Å²) in [5.41, 5.74) is 1.40. The molecule has 0 unspecified atom stereocenters. The van der Waals surface area contributed by atoms with E-state index in [4.69, 9.17) is 11.6 Å². The van der Waals surface area contributed by atoms with E-state index in [1.807, 2.05) is 6.92 Å². The van der Waals surface area contributed by atoms with E-state index in [-0.39, 0.29) is 4.90 Å². The molecule has 2 amide bonds. The SMILES string of the molecule is Cc1ccc(S(=O)(=O)N(C)C(=O)Nc2ccc(Cl)cc2)cc1. The van der Waals surface area contributed by atoms with Crippen LogP contribution in [0.3, 0.4) is 0 Å². The molecule has 7 heteroatoms. The molecule has 0 saturated heterocycles. The van der Waals surface area contributed by atoms with Gasteiger partial charge in [0.25, 0.3) is 10.0 Å². The second-order valence-electron chi connectivity index (χ2n) is 4.72. The van der Waals surface area contributed by atoms with Crippen molar-refractivity contribution in [3.63, 3.8) is 0 Å². The molecule has 22 heavy (non-hydrogen) atoms. The lowest BCUT2D eigenvalue weighted by Gasteiger charge is -2.18. The molecule has 2 aromatic carbocycles.